The van der Waals surface area contributed by atoms with Crippen LogP contribution in [0.4, 0.5) is 0 Å². The van der Waals surface area contributed by atoms with E-state index in [1.807, 2.05) is 0 Å². The maximum Gasteiger partial charge on any atom is 0.379 e. The van der Waals surface area contributed by atoms with E-state index >= 15 is 0 Å². The summed E-state index contributed by atoms with van der Waals surface area (Å²) in [5.41, 5.74) is 0.384. The summed E-state index contributed by atoms with van der Waals surface area (Å²) < 4.78 is 34.1. The third kappa shape index (κ3) is 4.53. The van der Waals surface area contributed by atoms with E-state index in [0.29, 0.717) is 26.9 Å². The van der Waals surface area contributed by atoms with E-state index < -0.39 is 15.5 Å². The monoisotopic (exact) mass is 424 g/mol. The van der Waals surface area contributed by atoms with E-state index in [2.05, 4.69) is 0 Å². The lowest BCUT2D eigenvalue weighted by atomic mass is 10.1. The van der Waals surface area contributed by atoms with Crippen molar-refractivity contribution in [2.75, 3.05) is 6.26 Å². The van der Waals surface area contributed by atoms with E-state index in [4.69, 9.17) is 32.4 Å². The van der Waals surface area contributed by atoms with Crippen molar-refractivity contribution in [3.63, 3.8) is 0 Å². The van der Waals surface area contributed by atoms with Gasteiger partial charge in [0.15, 0.2) is 9.84 Å². The maximum atomic E-state index is 12.4. The Morgan fingerprint density at radius 2 is 1.56 bits per heavy atom. The van der Waals surface area contributed by atoms with Crippen molar-refractivity contribution < 1.29 is 17.6 Å². The largest absolute Gasteiger partial charge is 0.449 e. The lowest BCUT2D eigenvalue weighted by Crippen LogP contribution is -2.06. The molecule has 140 valence electrons. The Labute approximate surface area is 166 Å². The molecule has 2 aromatic carbocycles. The zero-order valence-corrected chi connectivity index (χ0v) is 16.7. The van der Waals surface area contributed by atoms with Gasteiger partial charge in [0.2, 0.25) is 5.75 Å². The van der Waals surface area contributed by atoms with Crippen molar-refractivity contribution >= 4 is 33.0 Å². The molecule has 0 saturated carbocycles. The summed E-state index contributed by atoms with van der Waals surface area (Å²) in [6.07, 6.45) is 1.13. The number of benzene rings is 2. The fourth-order valence-electron chi connectivity index (χ4n) is 2.50. The van der Waals surface area contributed by atoms with Crippen LogP contribution < -0.4 is 10.4 Å². The quantitative estimate of drug-likeness (QED) is 0.580. The molecule has 0 aliphatic carbocycles. The Balaban J connectivity index is 2.12. The fourth-order valence-corrected chi connectivity index (χ4v) is 3.64. The van der Waals surface area contributed by atoms with Crippen molar-refractivity contribution in [3.05, 3.63) is 74.8 Å². The van der Waals surface area contributed by atoms with Crippen molar-refractivity contribution in [2.45, 2.75) is 11.8 Å². The number of ether oxygens (including phenoxy) is 1. The van der Waals surface area contributed by atoms with Crippen LogP contribution in [0.25, 0.3) is 11.1 Å². The molecule has 1 heterocycles. The number of aryl methyl sites for hydroxylation is 1. The van der Waals surface area contributed by atoms with Gasteiger partial charge in [0.05, 0.1) is 4.90 Å². The van der Waals surface area contributed by atoms with E-state index in [1.54, 1.807) is 31.2 Å². The van der Waals surface area contributed by atoms with Crippen LogP contribution in [-0.2, 0) is 9.84 Å². The van der Waals surface area contributed by atoms with Gasteiger partial charge < -0.3 is 9.15 Å². The molecule has 0 unspecified atom stereocenters. The van der Waals surface area contributed by atoms with Gasteiger partial charge in [0, 0.05) is 21.9 Å². The van der Waals surface area contributed by atoms with Crippen molar-refractivity contribution in [3.8, 4) is 22.6 Å². The summed E-state index contributed by atoms with van der Waals surface area (Å²) in [4.78, 5) is 12.6. The molecular formula is C19H14Cl2O5S. The van der Waals surface area contributed by atoms with Crippen molar-refractivity contribution in [2.24, 2.45) is 0 Å². The molecule has 5 nitrogen and oxygen atoms in total. The molecule has 0 atom stereocenters. The molecule has 0 aliphatic rings. The lowest BCUT2D eigenvalue weighted by molar-refractivity contribution is 0.410. The van der Waals surface area contributed by atoms with Gasteiger partial charge in [-0.25, -0.2) is 13.2 Å². The molecule has 0 N–H and O–H groups in total. The second-order valence-electron chi connectivity index (χ2n) is 5.89. The minimum absolute atomic E-state index is 0.0500. The van der Waals surface area contributed by atoms with Gasteiger partial charge in [-0.15, -0.1) is 0 Å². The van der Waals surface area contributed by atoms with Crippen LogP contribution in [0.15, 0.2) is 62.6 Å². The van der Waals surface area contributed by atoms with E-state index in [9.17, 15) is 13.2 Å². The van der Waals surface area contributed by atoms with Gasteiger partial charge in [-0.3, -0.25) is 0 Å². The highest BCUT2D eigenvalue weighted by Crippen LogP contribution is 2.34. The molecule has 0 saturated heterocycles. The highest BCUT2D eigenvalue weighted by molar-refractivity contribution is 7.90. The van der Waals surface area contributed by atoms with Crippen LogP contribution in [0.1, 0.15) is 5.76 Å². The first-order valence-electron chi connectivity index (χ1n) is 7.73. The van der Waals surface area contributed by atoms with Gasteiger partial charge in [0.1, 0.15) is 11.5 Å². The number of rotatable bonds is 4. The second-order valence-corrected chi connectivity index (χ2v) is 8.78. The molecule has 27 heavy (non-hydrogen) atoms. The van der Waals surface area contributed by atoms with Crippen molar-refractivity contribution in [1.82, 2.24) is 0 Å². The molecule has 0 aliphatic heterocycles. The van der Waals surface area contributed by atoms with Crippen molar-refractivity contribution in [1.29, 1.82) is 0 Å². The molecule has 0 radical (unpaired) electrons. The topological polar surface area (TPSA) is 73.6 Å². The highest BCUT2D eigenvalue weighted by atomic mass is 35.5. The first-order valence-corrected chi connectivity index (χ1v) is 10.4. The van der Waals surface area contributed by atoms with Gasteiger partial charge in [0.25, 0.3) is 0 Å². The first-order chi connectivity index (χ1) is 12.6. The Hall–Kier alpha value is -2.28. The van der Waals surface area contributed by atoms with Gasteiger partial charge >= 0.3 is 5.63 Å². The minimum Gasteiger partial charge on any atom is -0.449 e. The number of hydrogen-bond acceptors (Lipinski definition) is 5. The Bertz CT molecular complexity index is 1150. The fraction of sp³-hybridized carbons (Fsp3) is 0.105. The second kappa shape index (κ2) is 7.38. The zero-order valence-electron chi connectivity index (χ0n) is 14.3. The molecule has 1 aromatic heterocycles. The lowest BCUT2D eigenvalue weighted by Gasteiger charge is -2.12. The van der Waals surface area contributed by atoms with Gasteiger partial charge in [-0.2, -0.15) is 0 Å². The summed E-state index contributed by atoms with van der Waals surface area (Å²) in [7, 11) is -3.33. The summed E-state index contributed by atoms with van der Waals surface area (Å²) in [5.74, 6) is 0.613. The zero-order chi connectivity index (χ0) is 19.8. The van der Waals surface area contributed by atoms with Gasteiger partial charge in [-0.05, 0) is 48.9 Å². The van der Waals surface area contributed by atoms with Crippen LogP contribution >= 0.6 is 23.2 Å². The molecule has 0 bridgehead atoms. The molecule has 3 rings (SSSR count). The third-order valence-electron chi connectivity index (χ3n) is 3.68. The van der Waals surface area contributed by atoms with Crippen LogP contribution in [0.2, 0.25) is 10.0 Å². The molecule has 0 spiro atoms. The molecule has 8 heteroatoms. The van der Waals surface area contributed by atoms with Crippen LogP contribution in [0.5, 0.6) is 11.5 Å². The molecule has 0 fully saturated rings. The Kier molecular flexibility index (Phi) is 5.33. The first kappa shape index (κ1) is 19.5. The van der Waals surface area contributed by atoms with Gasteiger partial charge in [-0.1, -0.05) is 35.3 Å². The molecular weight excluding hydrogens is 411 g/mol. The van der Waals surface area contributed by atoms with Crippen LogP contribution in [0, 0.1) is 6.92 Å². The Morgan fingerprint density at radius 1 is 0.963 bits per heavy atom. The number of sulfone groups is 1. The summed E-state index contributed by atoms with van der Waals surface area (Å²) >= 11 is 12.0. The minimum atomic E-state index is -3.33. The normalized spacial score (nSPS) is 11.4. The molecule has 0 amide bonds. The summed E-state index contributed by atoms with van der Waals surface area (Å²) in [6.45, 7) is 1.63. The maximum absolute atomic E-state index is 12.4. The Morgan fingerprint density at radius 3 is 2.11 bits per heavy atom. The smallest absolute Gasteiger partial charge is 0.379 e. The standard InChI is InChI=1S/C19H14Cl2O5S/c1-11-7-17(12-3-5-16(6-4-12)27(2,23)24)18(19(22)25-11)26-15-9-13(20)8-14(21)10-15/h3-10H,1-2H3. The molecule has 3 aromatic rings. The number of halogens is 2. The van der Waals surface area contributed by atoms with Crippen LogP contribution in [-0.4, -0.2) is 14.7 Å². The SMILES string of the molecule is Cc1cc(-c2ccc(S(C)(=O)=O)cc2)c(Oc2cc(Cl)cc(Cl)c2)c(=O)o1. The van der Waals surface area contributed by atoms with E-state index in [1.165, 1.54) is 24.3 Å². The third-order valence-corrected chi connectivity index (χ3v) is 5.25. The van der Waals surface area contributed by atoms with E-state index in [-0.39, 0.29) is 16.4 Å². The predicted octanol–water partition coefficient (Wildman–Crippen LogP) is 5.12. The van der Waals surface area contributed by atoms with Crippen LogP contribution in [0.3, 0.4) is 0 Å². The number of hydrogen-bond donors (Lipinski definition) is 0. The highest BCUT2D eigenvalue weighted by Gasteiger charge is 2.16. The summed E-state index contributed by atoms with van der Waals surface area (Å²) in [6, 6.07) is 12.3. The predicted molar refractivity (Wildman–Crippen MR) is 105 cm³/mol. The average Bonchev–Trinajstić information content (AvgIpc) is 2.55. The average molecular weight is 425 g/mol. The van der Waals surface area contributed by atoms with E-state index in [0.717, 1.165) is 6.26 Å². The summed E-state index contributed by atoms with van der Waals surface area (Å²) in [5, 5.41) is 0.709.